The van der Waals surface area contributed by atoms with E-state index in [4.69, 9.17) is 4.74 Å². The van der Waals surface area contributed by atoms with Crippen LogP contribution in [0.5, 0.6) is 11.5 Å². The third-order valence-electron chi connectivity index (χ3n) is 2.97. The highest BCUT2D eigenvalue weighted by molar-refractivity contribution is 9.10. The second-order valence-electron chi connectivity index (χ2n) is 4.70. The standard InChI is InChI=1S/C15H14BrNO4/c1-9-3-5-13(17(19)20)15(7-9)21-14-6-4-11(10(2)18)8-12(14)16/h3-8,10,18H,1-2H3. The minimum atomic E-state index is -0.594. The second-order valence-corrected chi connectivity index (χ2v) is 5.55. The fourth-order valence-electron chi connectivity index (χ4n) is 1.83. The first-order valence-corrected chi connectivity index (χ1v) is 7.08. The number of nitro groups is 1. The van der Waals surface area contributed by atoms with Crippen LogP contribution < -0.4 is 4.74 Å². The van der Waals surface area contributed by atoms with Gasteiger partial charge in [0.2, 0.25) is 5.75 Å². The molecule has 110 valence electrons. The number of benzene rings is 2. The maximum absolute atomic E-state index is 11.0. The van der Waals surface area contributed by atoms with Crippen molar-refractivity contribution in [2.45, 2.75) is 20.0 Å². The number of hydrogen-bond donors (Lipinski definition) is 1. The highest BCUT2D eigenvalue weighted by Crippen LogP contribution is 2.36. The van der Waals surface area contributed by atoms with Gasteiger partial charge in [0.15, 0.2) is 0 Å². The zero-order valence-electron chi connectivity index (χ0n) is 11.5. The number of nitrogens with zero attached hydrogens (tertiary/aromatic N) is 1. The van der Waals surface area contributed by atoms with Crippen molar-refractivity contribution in [3.05, 3.63) is 62.1 Å². The zero-order chi connectivity index (χ0) is 15.6. The minimum Gasteiger partial charge on any atom is -0.449 e. The fraction of sp³-hybridized carbons (Fsp3) is 0.200. The summed E-state index contributed by atoms with van der Waals surface area (Å²) in [6.07, 6.45) is -0.594. The molecule has 0 spiro atoms. The summed E-state index contributed by atoms with van der Waals surface area (Å²) in [6, 6.07) is 9.80. The summed E-state index contributed by atoms with van der Waals surface area (Å²) < 4.78 is 6.27. The number of hydrogen-bond acceptors (Lipinski definition) is 4. The largest absolute Gasteiger partial charge is 0.449 e. The van der Waals surface area contributed by atoms with Gasteiger partial charge in [-0.2, -0.15) is 0 Å². The maximum atomic E-state index is 11.0. The van der Waals surface area contributed by atoms with Gasteiger partial charge in [-0.3, -0.25) is 10.1 Å². The van der Waals surface area contributed by atoms with Crippen LogP contribution in [0.2, 0.25) is 0 Å². The Labute approximate surface area is 130 Å². The van der Waals surface area contributed by atoms with Crippen molar-refractivity contribution in [2.75, 3.05) is 0 Å². The van der Waals surface area contributed by atoms with Crippen molar-refractivity contribution >= 4 is 21.6 Å². The molecule has 21 heavy (non-hydrogen) atoms. The van der Waals surface area contributed by atoms with Gasteiger partial charge < -0.3 is 9.84 Å². The number of aryl methyl sites for hydroxylation is 1. The van der Waals surface area contributed by atoms with Gasteiger partial charge in [-0.15, -0.1) is 0 Å². The Morgan fingerprint density at radius 3 is 2.52 bits per heavy atom. The summed E-state index contributed by atoms with van der Waals surface area (Å²) in [4.78, 5) is 10.6. The lowest BCUT2D eigenvalue weighted by atomic mass is 10.1. The molecular formula is C15H14BrNO4. The van der Waals surface area contributed by atoms with Crippen LogP contribution in [-0.2, 0) is 0 Å². The van der Waals surface area contributed by atoms with Crippen molar-refractivity contribution < 1.29 is 14.8 Å². The average molecular weight is 352 g/mol. The summed E-state index contributed by atoms with van der Waals surface area (Å²) in [5.74, 6) is 0.638. The zero-order valence-corrected chi connectivity index (χ0v) is 13.1. The Balaban J connectivity index is 2.38. The molecule has 6 heteroatoms. The Morgan fingerprint density at radius 2 is 1.95 bits per heavy atom. The van der Waals surface area contributed by atoms with E-state index < -0.39 is 11.0 Å². The molecule has 0 aliphatic rings. The molecule has 2 aromatic rings. The van der Waals surface area contributed by atoms with E-state index >= 15 is 0 Å². The molecule has 0 saturated carbocycles. The van der Waals surface area contributed by atoms with E-state index in [9.17, 15) is 15.2 Å². The average Bonchev–Trinajstić information content (AvgIpc) is 2.40. The lowest BCUT2D eigenvalue weighted by Gasteiger charge is -2.11. The van der Waals surface area contributed by atoms with Gasteiger partial charge in [0.1, 0.15) is 5.75 Å². The quantitative estimate of drug-likeness (QED) is 0.649. The first kappa shape index (κ1) is 15.5. The Morgan fingerprint density at radius 1 is 1.24 bits per heavy atom. The summed E-state index contributed by atoms with van der Waals surface area (Å²) in [5, 5.41) is 20.6. The van der Waals surface area contributed by atoms with Gasteiger partial charge in [0.05, 0.1) is 15.5 Å². The Bertz CT molecular complexity index is 685. The van der Waals surface area contributed by atoms with Crippen LogP contribution in [-0.4, -0.2) is 10.0 Å². The number of ether oxygens (including phenoxy) is 1. The smallest absolute Gasteiger partial charge is 0.311 e. The van der Waals surface area contributed by atoms with E-state index in [0.717, 1.165) is 11.1 Å². The molecule has 0 aliphatic carbocycles. The molecule has 0 radical (unpaired) electrons. The third-order valence-corrected chi connectivity index (χ3v) is 3.59. The van der Waals surface area contributed by atoms with Gasteiger partial charge in [0, 0.05) is 6.07 Å². The molecule has 0 fully saturated rings. The van der Waals surface area contributed by atoms with Gasteiger partial charge in [-0.1, -0.05) is 12.1 Å². The molecule has 0 amide bonds. The van der Waals surface area contributed by atoms with E-state index in [0.29, 0.717) is 10.2 Å². The number of aliphatic hydroxyl groups excluding tert-OH is 1. The van der Waals surface area contributed by atoms with E-state index in [1.54, 1.807) is 37.3 Å². The van der Waals surface area contributed by atoms with Crippen LogP contribution in [0, 0.1) is 17.0 Å². The van der Waals surface area contributed by atoms with Gasteiger partial charge in [0.25, 0.3) is 0 Å². The fourth-order valence-corrected chi connectivity index (χ4v) is 2.31. The SMILES string of the molecule is Cc1ccc([N+](=O)[O-])c(Oc2ccc(C(C)O)cc2Br)c1. The molecule has 0 heterocycles. The van der Waals surface area contributed by atoms with E-state index in [2.05, 4.69) is 15.9 Å². The molecule has 0 saturated heterocycles. The van der Waals surface area contributed by atoms with E-state index in [1.165, 1.54) is 6.07 Å². The lowest BCUT2D eigenvalue weighted by molar-refractivity contribution is -0.385. The topological polar surface area (TPSA) is 72.6 Å². The number of halogens is 1. The van der Waals surface area contributed by atoms with Gasteiger partial charge >= 0.3 is 5.69 Å². The maximum Gasteiger partial charge on any atom is 0.311 e. The first-order chi connectivity index (χ1) is 9.88. The summed E-state index contributed by atoms with van der Waals surface area (Å²) in [5.41, 5.74) is 1.51. The Hall–Kier alpha value is -1.92. The van der Waals surface area contributed by atoms with Gasteiger partial charge in [-0.25, -0.2) is 0 Å². The molecule has 0 aliphatic heterocycles. The summed E-state index contributed by atoms with van der Waals surface area (Å²) in [7, 11) is 0. The molecule has 2 aromatic carbocycles. The number of nitro benzene ring substituents is 1. The van der Waals surface area contributed by atoms with Crippen molar-refractivity contribution in [1.82, 2.24) is 0 Å². The first-order valence-electron chi connectivity index (χ1n) is 6.29. The van der Waals surface area contributed by atoms with E-state index in [-0.39, 0.29) is 11.4 Å². The van der Waals surface area contributed by atoms with Crippen LogP contribution in [0.4, 0.5) is 5.69 Å². The number of rotatable bonds is 4. The minimum absolute atomic E-state index is 0.0906. The molecule has 1 N–H and O–H groups in total. The van der Waals surface area contributed by atoms with Crippen LogP contribution >= 0.6 is 15.9 Å². The summed E-state index contributed by atoms with van der Waals surface area (Å²) in [6.45, 7) is 3.50. The normalized spacial score (nSPS) is 12.0. The van der Waals surface area contributed by atoms with Crippen molar-refractivity contribution in [3.8, 4) is 11.5 Å². The highest BCUT2D eigenvalue weighted by atomic mass is 79.9. The van der Waals surface area contributed by atoms with Gasteiger partial charge in [-0.05, 0) is 59.1 Å². The predicted molar refractivity (Wildman–Crippen MR) is 82.7 cm³/mol. The second kappa shape index (κ2) is 6.24. The van der Waals surface area contributed by atoms with Crippen LogP contribution in [0.25, 0.3) is 0 Å². The van der Waals surface area contributed by atoms with Crippen molar-refractivity contribution in [3.63, 3.8) is 0 Å². The van der Waals surface area contributed by atoms with Crippen molar-refractivity contribution in [1.29, 1.82) is 0 Å². The molecule has 0 bridgehead atoms. The van der Waals surface area contributed by atoms with Crippen LogP contribution in [0.3, 0.4) is 0 Å². The third kappa shape index (κ3) is 3.59. The van der Waals surface area contributed by atoms with Crippen LogP contribution in [0.15, 0.2) is 40.9 Å². The molecule has 1 unspecified atom stereocenters. The van der Waals surface area contributed by atoms with Crippen molar-refractivity contribution in [2.24, 2.45) is 0 Å². The van der Waals surface area contributed by atoms with Crippen LogP contribution in [0.1, 0.15) is 24.2 Å². The summed E-state index contributed by atoms with van der Waals surface area (Å²) >= 11 is 3.35. The molecular weight excluding hydrogens is 338 g/mol. The molecule has 2 rings (SSSR count). The number of aliphatic hydroxyl groups is 1. The molecule has 5 nitrogen and oxygen atoms in total. The predicted octanol–water partition coefficient (Wildman–Crippen LogP) is 4.51. The lowest BCUT2D eigenvalue weighted by Crippen LogP contribution is -1.96. The monoisotopic (exact) mass is 351 g/mol. The molecule has 1 atom stereocenters. The van der Waals surface area contributed by atoms with E-state index in [1.807, 2.05) is 6.92 Å². The Kier molecular flexibility index (Phi) is 4.59. The molecule has 0 aromatic heterocycles. The highest BCUT2D eigenvalue weighted by Gasteiger charge is 2.17.